The normalized spacial score (nSPS) is 20.7. The van der Waals surface area contributed by atoms with Crippen LogP contribution in [-0.4, -0.2) is 12.1 Å². The summed E-state index contributed by atoms with van der Waals surface area (Å²) in [5.74, 6) is 0.965. The summed E-state index contributed by atoms with van der Waals surface area (Å²) in [6.07, 6.45) is 8.91. The highest BCUT2D eigenvalue weighted by molar-refractivity contribution is 9.10. The van der Waals surface area contributed by atoms with Crippen LogP contribution < -0.4 is 10.5 Å². The topological polar surface area (TPSA) is 35.2 Å². The second-order valence-corrected chi connectivity index (χ2v) is 5.86. The lowest BCUT2D eigenvalue weighted by Crippen LogP contribution is -2.20. The Morgan fingerprint density at radius 2 is 2.33 bits per heavy atom. The molecule has 1 aromatic rings. The molecule has 3 heteroatoms. The molecule has 0 aromatic heterocycles. The van der Waals surface area contributed by atoms with E-state index < -0.39 is 0 Å². The molecule has 0 aliphatic heterocycles. The molecule has 0 spiro atoms. The third kappa shape index (κ3) is 3.85. The van der Waals surface area contributed by atoms with Gasteiger partial charge in [-0.3, -0.25) is 0 Å². The number of allylic oxidation sites excluding steroid dienone is 1. The summed E-state index contributed by atoms with van der Waals surface area (Å²) in [4.78, 5) is 0. The van der Waals surface area contributed by atoms with E-state index >= 15 is 0 Å². The van der Waals surface area contributed by atoms with Gasteiger partial charge in [-0.15, -0.1) is 0 Å². The lowest BCUT2D eigenvalue weighted by atomic mass is 10.0. The van der Waals surface area contributed by atoms with Crippen molar-refractivity contribution in [1.82, 2.24) is 0 Å². The van der Waals surface area contributed by atoms with Crippen LogP contribution in [0, 0.1) is 0 Å². The quantitative estimate of drug-likeness (QED) is 0.858. The van der Waals surface area contributed by atoms with Crippen LogP contribution in [0.25, 0.3) is 0 Å². The van der Waals surface area contributed by atoms with Gasteiger partial charge in [-0.05, 0) is 62.4 Å². The molecule has 1 aliphatic carbocycles. The van der Waals surface area contributed by atoms with Crippen molar-refractivity contribution in [1.29, 1.82) is 0 Å². The van der Waals surface area contributed by atoms with Gasteiger partial charge < -0.3 is 10.5 Å². The Labute approximate surface area is 117 Å². The zero-order valence-electron chi connectivity index (χ0n) is 10.7. The fourth-order valence-electron chi connectivity index (χ4n) is 2.21. The van der Waals surface area contributed by atoms with Crippen LogP contribution in [0.4, 0.5) is 0 Å². The van der Waals surface area contributed by atoms with Gasteiger partial charge in [0.1, 0.15) is 11.9 Å². The largest absolute Gasteiger partial charge is 0.486 e. The van der Waals surface area contributed by atoms with E-state index in [1.807, 2.05) is 19.1 Å². The first-order chi connectivity index (χ1) is 8.65. The van der Waals surface area contributed by atoms with Crippen LogP contribution >= 0.6 is 15.9 Å². The van der Waals surface area contributed by atoms with Crippen molar-refractivity contribution in [2.45, 2.75) is 44.8 Å². The molecule has 2 unspecified atom stereocenters. The van der Waals surface area contributed by atoms with Gasteiger partial charge in [0.05, 0.1) is 0 Å². The van der Waals surface area contributed by atoms with Crippen LogP contribution in [0.15, 0.2) is 34.8 Å². The van der Waals surface area contributed by atoms with Gasteiger partial charge in [0, 0.05) is 10.5 Å². The molecule has 0 heterocycles. The molecule has 2 atom stereocenters. The number of rotatable bonds is 4. The summed E-state index contributed by atoms with van der Waals surface area (Å²) in [7, 11) is 0. The molecule has 18 heavy (non-hydrogen) atoms. The molecule has 0 saturated carbocycles. The van der Waals surface area contributed by atoms with Crippen molar-refractivity contribution >= 4 is 15.9 Å². The molecule has 0 fully saturated rings. The molecule has 2 nitrogen and oxygen atoms in total. The summed E-state index contributed by atoms with van der Waals surface area (Å²) in [5, 5.41) is 0. The van der Waals surface area contributed by atoms with Crippen molar-refractivity contribution in [2.75, 3.05) is 0 Å². The molecular formula is C15H20BrNO. The Bertz CT molecular complexity index is 429. The van der Waals surface area contributed by atoms with E-state index in [2.05, 4.69) is 34.1 Å². The maximum atomic E-state index is 6.08. The number of ether oxygens (including phenoxy) is 1. The van der Waals surface area contributed by atoms with Crippen LogP contribution in [0.3, 0.4) is 0 Å². The van der Waals surface area contributed by atoms with E-state index in [9.17, 15) is 0 Å². The van der Waals surface area contributed by atoms with Gasteiger partial charge in [0.25, 0.3) is 0 Å². The van der Waals surface area contributed by atoms with Gasteiger partial charge in [0.2, 0.25) is 0 Å². The third-order valence-corrected chi connectivity index (χ3v) is 3.55. The number of halogens is 1. The van der Waals surface area contributed by atoms with E-state index in [1.165, 1.54) is 18.4 Å². The van der Waals surface area contributed by atoms with Gasteiger partial charge >= 0.3 is 0 Å². The van der Waals surface area contributed by atoms with Gasteiger partial charge in [-0.25, -0.2) is 0 Å². The minimum Gasteiger partial charge on any atom is -0.486 e. The summed E-state index contributed by atoms with van der Waals surface area (Å²) < 4.78 is 7.15. The average Bonchev–Trinajstić information content (AvgIpc) is 2.33. The van der Waals surface area contributed by atoms with E-state index in [-0.39, 0.29) is 12.1 Å². The van der Waals surface area contributed by atoms with E-state index in [0.717, 1.165) is 23.1 Å². The number of hydrogen-bond donors (Lipinski definition) is 1. The van der Waals surface area contributed by atoms with Gasteiger partial charge in [-0.2, -0.15) is 0 Å². The van der Waals surface area contributed by atoms with Gasteiger partial charge in [-0.1, -0.05) is 22.0 Å². The highest BCUT2D eigenvalue weighted by Crippen LogP contribution is 2.27. The first-order valence-electron chi connectivity index (χ1n) is 6.52. The molecular weight excluding hydrogens is 290 g/mol. The molecule has 98 valence electrons. The fraction of sp³-hybridized carbons (Fsp3) is 0.467. The molecule has 2 N–H and O–H groups in total. The second kappa shape index (κ2) is 6.39. The zero-order valence-corrected chi connectivity index (χ0v) is 12.3. The minimum absolute atomic E-state index is 0.142. The lowest BCUT2D eigenvalue weighted by molar-refractivity contribution is 0.227. The molecule has 1 aliphatic rings. The Morgan fingerprint density at radius 1 is 1.50 bits per heavy atom. The number of benzene rings is 1. The Morgan fingerprint density at radius 3 is 3.00 bits per heavy atom. The minimum atomic E-state index is 0.142. The first kappa shape index (κ1) is 13.6. The highest BCUT2D eigenvalue weighted by atomic mass is 79.9. The summed E-state index contributed by atoms with van der Waals surface area (Å²) >= 11 is 3.50. The van der Waals surface area contributed by atoms with Crippen LogP contribution in [0.2, 0.25) is 0 Å². The molecule has 0 bridgehead atoms. The third-order valence-electron chi connectivity index (χ3n) is 3.05. The molecule has 0 amide bonds. The maximum Gasteiger partial charge on any atom is 0.123 e. The van der Waals surface area contributed by atoms with E-state index in [4.69, 9.17) is 10.5 Å². The number of nitrogens with two attached hydrogens (primary N) is 1. The molecule has 2 rings (SSSR count). The second-order valence-electron chi connectivity index (χ2n) is 4.95. The van der Waals surface area contributed by atoms with E-state index in [0.29, 0.717) is 0 Å². The predicted molar refractivity (Wildman–Crippen MR) is 78.9 cm³/mol. The predicted octanol–water partition coefficient (Wildman–Crippen LogP) is 3.83. The fourth-order valence-corrected chi connectivity index (χ4v) is 2.62. The maximum absolute atomic E-state index is 6.08. The smallest absolute Gasteiger partial charge is 0.123 e. The van der Waals surface area contributed by atoms with Crippen molar-refractivity contribution in [3.63, 3.8) is 0 Å². The van der Waals surface area contributed by atoms with Crippen LogP contribution in [-0.2, 0) is 6.42 Å². The van der Waals surface area contributed by atoms with Crippen LogP contribution in [0.5, 0.6) is 5.75 Å². The molecule has 0 radical (unpaired) electrons. The summed E-state index contributed by atoms with van der Waals surface area (Å²) in [6.45, 7) is 2.02. The molecule has 1 aromatic carbocycles. The van der Waals surface area contributed by atoms with Crippen molar-refractivity contribution in [2.24, 2.45) is 5.73 Å². The van der Waals surface area contributed by atoms with Gasteiger partial charge in [0.15, 0.2) is 0 Å². The van der Waals surface area contributed by atoms with Crippen molar-refractivity contribution < 1.29 is 4.74 Å². The van der Waals surface area contributed by atoms with Crippen molar-refractivity contribution in [3.05, 3.63) is 40.4 Å². The zero-order chi connectivity index (χ0) is 13.0. The standard InChI is InChI=1S/C15H20BrNO/c1-11(17)9-12-10-13(16)7-8-15(12)18-14-5-3-2-4-6-14/h3,5,7-8,10-11,14H,2,4,6,9,17H2,1H3. The number of hydrogen-bond acceptors (Lipinski definition) is 2. The Kier molecular flexibility index (Phi) is 4.84. The lowest BCUT2D eigenvalue weighted by Gasteiger charge is -2.21. The Balaban J connectivity index is 2.15. The van der Waals surface area contributed by atoms with Crippen molar-refractivity contribution in [3.8, 4) is 5.75 Å². The Hall–Kier alpha value is -0.800. The monoisotopic (exact) mass is 309 g/mol. The summed E-state index contributed by atoms with van der Waals surface area (Å²) in [6, 6.07) is 6.30. The summed E-state index contributed by atoms with van der Waals surface area (Å²) in [5.41, 5.74) is 7.07. The first-order valence-corrected chi connectivity index (χ1v) is 7.32. The highest BCUT2D eigenvalue weighted by Gasteiger charge is 2.13. The molecule has 0 saturated heterocycles. The van der Waals surface area contributed by atoms with E-state index in [1.54, 1.807) is 0 Å². The average molecular weight is 310 g/mol. The van der Waals surface area contributed by atoms with Crippen LogP contribution in [0.1, 0.15) is 31.7 Å². The SMILES string of the molecule is CC(N)Cc1cc(Br)ccc1OC1C=CCCC1.